The molecule has 3 aromatic heterocycles. The highest BCUT2D eigenvalue weighted by molar-refractivity contribution is 5.94. The van der Waals surface area contributed by atoms with Crippen molar-refractivity contribution >= 4 is 23.5 Å². The SMILES string of the molecule is C[C@@H](OC(=O)Nc1c(-c2ncc(NC(=O)[C@@H]3CC3C(F)(F)F)cn2)cnn1C)c1cc(F)cnc1F. The number of anilines is 2. The fourth-order valence-corrected chi connectivity index (χ4v) is 3.44. The summed E-state index contributed by atoms with van der Waals surface area (Å²) in [5.41, 5.74) is 0.0796. The van der Waals surface area contributed by atoms with Crippen molar-refractivity contribution in [2.75, 3.05) is 10.6 Å². The molecule has 1 aliphatic carbocycles. The Labute approximate surface area is 199 Å². The molecule has 15 heteroatoms. The summed E-state index contributed by atoms with van der Waals surface area (Å²) in [6.45, 7) is 1.33. The van der Waals surface area contributed by atoms with Crippen LogP contribution < -0.4 is 10.6 Å². The number of nitrogens with zero attached hydrogens (tertiary/aromatic N) is 5. The van der Waals surface area contributed by atoms with Crippen LogP contribution in [0.3, 0.4) is 0 Å². The second kappa shape index (κ2) is 9.47. The van der Waals surface area contributed by atoms with Crippen molar-refractivity contribution in [1.29, 1.82) is 0 Å². The molecule has 0 bridgehead atoms. The minimum atomic E-state index is -4.42. The summed E-state index contributed by atoms with van der Waals surface area (Å²) in [7, 11) is 1.50. The maximum atomic E-state index is 13.8. The molecule has 0 aromatic carbocycles. The molecule has 4 rings (SSSR count). The van der Waals surface area contributed by atoms with E-state index in [1.807, 2.05) is 0 Å². The van der Waals surface area contributed by atoms with Gasteiger partial charge in [0.05, 0.1) is 53.4 Å². The average Bonchev–Trinajstić information content (AvgIpc) is 3.56. The first-order chi connectivity index (χ1) is 16.9. The van der Waals surface area contributed by atoms with Crippen LogP contribution in [-0.2, 0) is 16.6 Å². The second-order valence-corrected chi connectivity index (χ2v) is 8.01. The molecule has 2 amide bonds. The number of aromatic nitrogens is 5. The molecular formula is C21H18F5N7O3. The number of halogens is 5. The molecule has 1 aliphatic rings. The van der Waals surface area contributed by atoms with E-state index in [2.05, 4.69) is 30.7 Å². The number of ether oxygens (including phenoxy) is 1. The molecule has 0 aliphatic heterocycles. The maximum Gasteiger partial charge on any atom is 0.413 e. The van der Waals surface area contributed by atoms with Crippen molar-refractivity contribution in [2.24, 2.45) is 18.9 Å². The number of hydrogen-bond acceptors (Lipinski definition) is 7. The van der Waals surface area contributed by atoms with Crippen LogP contribution in [-0.4, -0.2) is 42.9 Å². The number of rotatable bonds is 6. The largest absolute Gasteiger partial charge is 0.441 e. The van der Waals surface area contributed by atoms with Crippen molar-refractivity contribution in [1.82, 2.24) is 24.7 Å². The van der Waals surface area contributed by atoms with Crippen LogP contribution in [0.15, 0.2) is 30.9 Å². The van der Waals surface area contributed by atoms with Gasteiger partial charge < -0.3 is 10.1 Å². The van der Waals surface area contributed by atoms with Crippen LogP contribution in [0.2, 0.25) is 0 Å². The molecule has 0 spiro atoms. The van der Waals surface area contributed by atoms with Gasteiger partial charge in [-0.25, -0.2) is 24.1 Å². The predicted octanol–water partition coefficient (Wildman–Crippen LogP) is 4.00. The first-order valence-corrected chi connectivity index (χ1v) is 10.4. The smallest absolute Gasteiger partial charge is 0.413 e. The molecule has 1 saturated carbocycles. The number of amides is 2. The number of pyridine rings is 1. The lowest BCUT2D eigenvalue weighted by molar-refractivity contribution is -0.153. The van der Waals surface area contributed by atoms with Crippen molar-refractivity contribution in [2.45, 2.75) is 25.6 Å². The number of hydrogen-bond donors (Lipinski definition) is 2. The summed E-state index contributed by atoms with van der Waals surface area (Å²) >= 11 is 0. The Morgan fingerprint density at radius 3 is 2.44 bits per heavy atom. The van der Waals surface area contributed by atoms with Gasteiger partial charge in [0.1, 0.15) is 17.7 Å². The van der Waals surface area contributed by atoms with E-state index >= 15 is 0 Å². The normalized spacial score (nSPS) is 17.9. The molecule has 3 atom stereocenters. The van der Waals surface area contributed by atoms with E-state index in [9.17, 15) is 31.5 Å². The Balaban J connectivity index is 1.42. The topological polar surface area (TPSA) is 124 Å². The van der Waals surface area contributed by atoms with Crippen LogP contribution in [0.1, 0.15) is 25.0 Å². The third kappa shape index (κ3) is 5.39. The molecule has 0 radical (unpaired) electrons. The van der Waals surface area contributed by atoms with Gasteiger partial charge in [0, 0.05) is 7.05 Å². The number of carbonyl (C=O) groups excluding carboxylic acids is 2. The molecule has 1 unspecified atom stereocenters. The van der Waals surface area contributed by atoms with Gasteiger partial charge in [-0.1, -0.05) is 0 Å². The molecular weight excluding hydrogens is 493 g/mol. The number of alkyl halides is 3. The Morgan fingerprint density at radius 1 is 1.11 bits per heavy atom. The van der Waals surface area contributed by atoms with Gasteiger partial charge in [0.25, 0.3) is 0 Å². The fourth-order valence-electron chi connectivity index (χ4n) is 3.44. The predicted molar refractivity (Wildman–Crippen MR) is 113 cm³/mol. The number of nitrogens with one attached hydrogen (secondary N) is 2. The monoisotopic (exact) mass is 511 g/mol. The maximum absolute atomic E-state index is 13.8. The summed E-state index contributed by atoms with van der Waals surface area (Å²) < 4.78 is 71.6. The summed E-state index contributed by atoms with van der Waals surface area (Å²) in [5.74, 6) is -5.20. The van der Waals surface area contributed by atoms with Crippen LogP contribution in [0.5, 0.6) is 0 Å². The third-order valence-corrected chi connectivity index (χ3v) is 5.42. The minimum Gasteiger partial charge on any atom is -0.441 e. The van der Waals surface area contributed by atoms with E-state index < -0.39 is 47.9 Å². The zero-order valence-electron chi connectivity index (χ0n) is 18.7. The lowest BCUT2D eigenvalue weighted by atomic mass is 10.2. The highest BCUT2D eigenvalue weighted by Crippen LogP contribution is 2.50. The van der Waals surface area contributed by atoms with E-state index in [0.717, 1.165) is 6.07 Å². The van der Waals surface area contributed by atoms with E-state index in [1.54, 1.807) is 0 Å². The van der Waals surface area contributed by atoms with E-state index in [-0.39, 0.29) is 34.9 Å². The Morgan fingerprint density at radius 2 is 1.81 bits per heavy atom. The second-order valence-electron chi connectivity index (χ2n) is 8.01. The lowest BCUT2D eigenvalue weighted by Crippen LogP contribution is -2.20. The molecule has 36 heavy (non-hydrogen) atoms. The standard InChI is InChI=1S/C21H18F5N7O3/c1-9(12-3-10(22)5-27-16(12)23)36-20(35)32-18-14(8-30-33(18)2)17-28-6-11(7-29-17)31-19(34)13-4-15(13)21(24,25)26/h3,5-9,13,15H,4H2,1-2H3,(H,31,34)(H,32,35)/t9-,13-,15?/m1/s1. The van der Waals surface area contributed by atoms with E-state index in [1.165, 1.54) is 37.2 Å². The number of aryl methyl sites for hydroxylation is 1. The lowest BCUT2D eigenvalue weighted by Gasteiger charge is -2.15. The quantitative estimate of drug-likeness (QED) is 0.379. The first kappa shape index (κ1) is 24.9. The summed E-state index contributed by atoms with van der Waals surface area (Å²) in [5, 5.41) is 8.79. The summed E-state index contributed by atoms with van der Waals surface area (Å²) in [4.78, 5) is 35.8. The molecule has 3 aromatic rings. The third-order valence-electron chi connectivity index (χ3n) is 5.42. The van der Waals surface area contributed by atoms with Gasteiger partial charge in [-0.05, 0) is 19.4 Å². The zero-order valence-corrected chi connectivity index (χ0v) is 18.7. The van der Waals surface area contributed by atoms with Crippen LogP contribution in [0.25, 0.3) is 11.4 Å². The van der Waals surface area contributed by atoms with Crippen LogP contribution in [0.4, 0.5) is 38.3 Å². The summed E-state index contributed by atoms with van der Waals surface area (Å²) in [6.07, 6.45) is -2.46. The molecule has 1 fully saturated rings. The van der Waals surface area contributed by atoms with E-state index in [4.69, 9.17) is 4.74 Å². The van der Waals surface area contributed by atoms with E-state index in [0.29, 0.717) is 6.20 Å². The highest BCUT2D eigenvalue weighted by atomic mass is 19.4. The number of carbonyl (C=O) groups is 2. The Bertz CT molecular complexity index is 1300. The van der Waals surface area contributed by atoms with Gasteiger partial charge in [-0.15, -0.1) is 0 Å². The van der Waals surface area contributed by atoms with Crippen LogP contribution in [0, 0.1) is 23.6 Å². The van der Waals surface area contributed by atoms with Crippen molar-refractivity contribution in [3.8, 4) is 11.4 Å². The molecule has 10 nitrogen and oxygen atoms in total. The van der Waals surface area contributed by atoms with Gasteiger partial charge in [-0.3, -0.25) is 14.8 Å². The van der Waals surface area contributed by atoms with Crippen molar-refractivity contribution in [3.05, 3.63) is 48.2 Å². The first-order valence-electron chi connectivity index (χ1n) is 10.4. The average molecular weight is 511 g/mol. The van der Waals surface area contributed by atoms with Gasteiger partial charge in [-0.2, -0.15) is 22.7 Å². The minimum absolute atomic E-state index is 0.0735. The Hall–Kier alpha value is -4.17. The molecule has 2 N–H and O–H groups in total. The van der Waals surface area contributed by atoms with Gasteiger partial charge in [0.2, 0.25) is 11.9 Å². The van der Waals surface area contributed by atoms with Gasteiger partial charge >= 0.3 is 12.3 Å². The molecule has 190 valence electrons. The Kier molecular flexibility index (Phi) is 6.56. The fraction of sp³-hybridized carbons (Fsp3) is 0.333. The molecule has 3 heterocycles. The zero-order chi connectivity index (χ0) is 26.2. The highest BCUT2D eigenvalue weighted by Gasteiger charge is 2.58. The summed E-state index contributed by atoms with van der Waals surface area (Å²) in [6, 6.07) is 0.858. The van der Waals surface area contributed by atoms with Gasteiger partial charge in [0.15, 0.2) is 5.82 Å². The molecule has 0 saturated heterocycles. The van der Waals surface area contributed by atoms with Crippen molar-refractivity contribution in [3.63, 3.8) is 0 Å². The van der Waals surface area contributed by atoms with Crippen molar-refractivity contribution < 1.29 is 36.3 Å². The van der Waals surface area contributed by atoms with Crippen LogP contribution >= 0.6 is 0 Å².